The Bertz CT molecular complexity index is 28.7. The van der Waals surface area contributed by atoms with Crippen LogP contribution in [0.1, 0.15) is 13.8 Å². The lowest BCUT2D eigenvalue weighted by Gasteiger charge is -1.95. The molecule has 1 unspecified atom stereocenters. The Morgan fingerprint density at radius 3 is 2.17 bits per heavy atom. The second-order valence-corrected chi connectivity index (χ2v) is 4.70. The molecule has 0 radical (unpaired) electrons. The van der Waals surface area contributed by atoms with Crippen molar-refractivity contribution < 1.29 is 0 Å². The molecular weight excluding hydrogens is 206 g/mol. The smallest absolute Gasteiger partial charge is 0.0239 e. The fourth-order valence-corrected chi connectivity index (χ4v) is 3.11. The fraction of sp³-hybridized carbons (Fsp3) is 1.00. The molecule has 0 nitrogen and oxygen atoms in total. The Kier molecular flexibility index (Phi) is 5.16. The molecule has 0 N–H and O–H groups in total. The van der Waals surface area contributed by atoms with Gasteiger partial charge in [-0.05, 0) is 12.1 Å². The van der Waals surface area contributed by atoms with Gasteiger partial charge in [0.05, 0.1) is 0 Å². The molecule has 0 saturated carbocycles. The zero-order valence-corrected chi connectivity index (χ0v) is 7.32. The van der Waals surface area contributed by atoms with E-state index in [1.807, 2.05) is 0 Å². The quantitative estimate of drug-likeness (QED) is 0.491. The van der Waals surface area contributed by atoms with Gasteiger partial charge >= 0.3 is 0 Å². The molecule has 6 heavy (non-hydrogen) atoms. The topological polar surface area (TPSA) is 0 Å². The molecule has 0 aliphatic rings. The minimum atomic E-state index is 0.903. The highest BCUT2D eigenvalue weighted by atomic mass is 127. The van der Waals surface area contributed by atoms with Crippen LogP contribution in [0, 0.1) is 5.92 Å². The molecule has 2 heteroatoms. The van der Waals surface area contributed by atoms with Crippen LogP contribution in [0.5, 0.6) is 0 Å². The lowest BCUT2D eigenvalue weighted by Crippen LogP contribution is -1.84. The van der Waals surface area contributed by atoms with Gasteiger partial charge in [-0.1, -0.05) is 42.1 Å². The number of halogens is 1. The van der Waals surface area contributed by atoms with Crippen LogP contribution in [-0.2, 0) is 0 Å². The van der Waals surface area contributed by atoms with Gasteiger partial charge in [0.25, 0.3) is 0 Å². The molecule has 0 amide bonds. The van der Waals surface area contributed by atoms with E-state index in [9.17, 15) is 0 Å². The van der Waals surface area contributed by atoms with Crippen LogP contribution in [-0.4, -0.2) is 6.16 Å². The predicted molar refractivity (Wildman–Crippen MR) is 42.0 cm³/mol. The summed E-state index contributed by atoms with van der Waals surface area (Å²) in [4.78, 5) is 0. The average molecular weight is 216 g/mol. The van der Waals surface area contributed by atoms with Crippen molar-refractivity contribution in [1.82, 2.24) is 0 Å². The zero-order chi connectivity index (χ0) is 4.99. The third-order valence-corrected chi connectivity index (χ3v) is 2.78. The molecule has 0 rings (SSSR count). The van der Waals surface area contributed by atoms with E-state index in [0.29, 0.717) is 0 Å². The molecule has 0 saturated heterocycles. The van der Waals surface area contributed by atoms with Crippen molar-refractivity contribution in [2.45, 2.75) is 13.8 Å². The largest absolute Gasteiger partial charge is 0.0624 e. The van der Waals surface area contributed by atoms with Gasteiger partial charge in [-0.3, -0.25) is 0 Å². The molecule has 0 fully saturated rings. The number of hydrogen-bond acceptors (Lipinski definition) is 0. The van der Waals surface area contributed by atoms with E-state index in [1.54, 1.807) is 0 Å². The van der Waals surface area contributed by atoms with Crippen LogP contribution in [0.3, 0.4) is 0 Å². The molecule has 0 aromatic heterocycles. The Morgan fingerprint density at radius 2 is 2.17 bits per heavy atom. The van der Waals surface area contributed by atoms with E-state index < -0.39 is 0 Å². The average Bonchev–Trinajstić information content (AvgIpc) is 1.35. The summed E-state index contributed by atoms with van der Waals surface area (Å²) in [6.45, 7) is 4.51. The maximum Gasteiger partial charge on any atom is -0.0239 e. The normalized spacial score (nSPS) is 12.0. The summed E-state index contributed by atoms with van der Waals surface area (Å²) in [7, 11) is 0. The highest BCUT2D eigenvalue weighted by Gasteiger charge is 1.86. The van der Waals surface area contributed by atoms with Gasteiger partial charge in [0, 0.05) is 0 Å². The fourth-order valence-electron chi connectivity index (χ4n) is 0.154. The maximum absolute atomic E-state index is 2.43. The van der Waals surface area contributed by atoms with Gasteiger partial charge in [0.1, 0.15) is 0 Å². The molecule has 38 valence electrons. The van der Waals surface area contributed by atoms with E-state index in [1.165, 1.54) is 6.16 Å². The lowest BCUT2D eigenvalue weighted by molar-refractivity contribution is 0.750. The molecule has 0 aromatic rings. The van der Waals surface area contributed by atoms with E-state index in [2.05, 4.69) is 35.9 Å². The monoisotopic (exact) mass is 216 g/mol. The van der Waals surface area contributed by atoms with Crippen LogP contribution in [0.25, 0.3) is 0 Å². The standard InChI is InChI=1S/C4H10IP/c1-4(2)3-6-5/h4,6H,3H2,1-2H3. The molecule has 0 bridgehead atoms. The summed E-state index contributed by atoms with van der Waals surface area (Å²) in [6.07, 6.45) is 2.50. The summed E-state index contributed by atoms with van der Waals surface area (Å²) in [5, 5.41) is 0. The van der Waals surface area contributed by atoms with Crippen molar-refractivity contribution in [2.75, 3.05) is 6.16 Å². The van der Waals surface area contributed by atoms with Crippen molar-refractivity contribution >= 4 is 28.3 Å². The summed E-state index contributed by atoms with van der Waals surface area (Å²) in [5.41, 5.74) is 0. The molecule has 0 aliphatic heterocycles. The van der Waals surface area contributed by atoms with Crippen molar-refractivity contribution in [3.05, 3.63) is 0 Å². The minimum absolute atomic E-state index is 0.903. The van der Waals surface area contributed by atoms with Crippen molar-refractivity contribution in [3.8, 4) is 0 Å². The van der Waals surface area contributed by atoms with Gasteiger partial charge in [0.2, 0.25) is 0 Å². The first-order valence-corrected chi connectivity index (χ1v) is 6.43. The predicted octanol–water partition coefficient (Wildman–Crippen LogP) is 2.67. The SMILES string of the molecule is CC(C)CPI. The maximum atomic E-state index is 2.43. The Hall–Kier alpha value is 1.16. The van der Waals surface area contributed by atoms with E-state index >= 15 is 0 Å². The van der Waals surface area contributed by atoms with Gasteiger partial charge in [-0.2, -0.15) is 0 Å². The first kappa shape index (κ1) is 7.16. The van der Waals surface area contributed by atoms with E-state index in [-0.39, 0.29) is 0 Å². The zero-order valence-electron chi connectivity index (χ0n) is 4.16. The highest BCUT2D eigenvalue weighted by molar-refractivity contribution is 14.2. The minimum Gasteiger partial charge on any atom is -0.0624 e. The third-order valence-electron chi connectivity index (χ3n) is 0.485. The van der Waals surface area contributed by atoms with E-state index in [0.717, 1.165) is 12.1 Å². The first-order valence-electron chi connectivity index (χ1n) is 2.11. The summed E-state index contributed by atoms with van der Waals surface area (Å²) in [6, 6.07) is 0. The van der Waals surface area contributed by atoms with E-state index in [4.69, 9.17) is 0 Å². The molecule has 0 aromatic carbocycles. The summed E-state index contributed by atoms with van der Waals surface area (Å²) >= 11 is 2.43. The Labute approximate surface area is 54.4 Å². The van der Waals surface area contributed by atoms with Gasteiger partial charge < -0.3 is 0 Å². The van der Waals surface area contributed by atoms with Crippen LogP contribution >= 0.6 is 28.3 Å². The molecule has 0 heterocycles. The Balaban J connectivity index is 2.63. The molecule has 0 spiro atoms. The van der Waals surface area contributed by atoms with Crippen LogP contribution in [0.4, 0.5) is 0 Å². The highest BCUT2D eigenvalue weighted by Crippen LogP contribution is 2.22. The molecule has 0 aliphatic carbocycles. The summed E-state index contributed by atoms with van der Waals surface area (Å²) in [5.74, 6) is 0.903. The Morgan fingerprint density at radius 1 is 1.67 bits per heavy atom. The lowest BCUT2D eigenvalue weighted by atomic mass is 10.3. The molecule has 1 atom stereocenters. The second-order valence-electron chi connectivity index (χ2n) is 1.73. The van der Waals surface area contributed by atoms with Crippen LogP contribution in [0.15, 0.2) is 0 Å². The third kappa shape index (κ3) is 5.16. The van der Waals surface area contributed by atoms with Crippen LogP contribution in [0.2, 0.25) is 0 Å². The van der Waals surface area contributed by atoms with Crippen molar-refractivity contribution in [1.29, 1.82) is 0 Å². The number of rotatable bonds is 2. The van der Waals surface area contributed by atoms with Gasteiger partial charge in [-0.25, -0.2) is 0 Å². The summed E-state index contributed by atoms with van der Waals surface area (Å²) < 4.78 is 0. The van der Waals surface area contributed by atoms with Crippen molar-refractivity contribution in [2.24, 2.45) is 5.92 Å². The van der Waals surface area contributed by atoms with Gasteiger partial charge in [0.15, 0.2) is 0 Å². The first-order chi connectivity index (χ1) is 2.77. The van der Waals surface area contributed by atoms with Gasteiger partial charge in [-0.15, -0.1) is 0 Å². The second kappa shape index (κ2) is 4.32. The van der Waals surface area contributed by atoms with Crippen molar-refractivity contribution in [3.63, 3.8) is 0 Å². The molecular formula is C4H10IP. The number of hydrogen-bond donors (Lipinski definition) is 0. The van der Waals surface area contributed by atoms with Crippen LogP contribution < -0.4 is 0 Å².